The summed E-state index contributed by atoms with van der Waals surface area (Å²) in [6.07, 6.45) is 1.47. The van der Waals surface area contributed by atoms with Crippen LogP contribution in [0.1, 0.15) is 12.8 Å². The Labute approximate surface area is 101 Å². The molecule has 0 fully saturated rings. The van der Waals surface area contributed by atoms with Gasteiger partial charge >= 0.3 is 6.03 Å². The molecule has 0 aliphatic rings. The highest BCUT2D eigenvalue weighted by Crippen LogP contribution is 2.14. The number of hydrogen-bond acceptors (Lipinski definition) is 3. The Bertz CT molecular complexity index is 338. The van der Waals surface area contributed by atoms with E-state index in [9.17, 15) is 4.79 Å². The third-order valence-electron chi connectivity index (χ3n) is 2.22. The second kappa shape index (κ2) is 7.51. The number of nitrogens with one attached hydrogen (secondary N) is 2. The summed E-state index contributed by atoms with van der Waals surface area (Å²) in [6, 6.07) is 6.86. The van der Waals surface area contributed by atoms with Gasteiger partial charge in [-0.05, 0) is 37.1 Å². The third-order valence-corrected chi connectivity index (χ3v) is 2.22. The zero-order chi connectivity index (χ0) is 12.5. The maximum atomic E-state index is 11.4. The number of anilines is 1. The number of amides is 2. The van der Waals surface area contributed by atoms with Crippen molar-refractivity contribution in [2.45, 2.75) is 12.8 Å². The van der Waals surface area contributed by atoms with Crippen LogP contribution in [-0.2, 0) is 0 Å². The van der Waals surface area contributed by atoms with Crippen molar-refractivity contribution in [3.8, 4) is 5.75 Å². The number of hydrogen-bond donors (Lipinski definition) is 3. The monoisotopic (exact) mass is 238 g/mol. The standard InChI is InChI=1S/C12H18N2O3/c1-17-11-6-4-10(5-7-11)14-12(16)13-8-2-3-9-15/h4-7,15H,2-3,8-9H2,1H3,(H2,13,14,16). The summed E-state index contributed by atoms with van der Waals surface area (Å²) in [5.41, 5.74) is 0.713. The van der Waals surface area contributed by atoms with Crippen molar-refractivity contribution in [3.05, 3.63) is 24.3 Å². The number of carbonyl (C=O) groups is 1. The molecule has 2 amide bonds. The van der Waals surface area contributed by atoms with Crippen LogP contribution in [0.3, 0.4) is 0 Å². The van der Waals surface area contributed by atoms with Crippen LogP contribution in [0.4, 0.5) is 10.5 Å². The summed E-state index contributed by atoms with van der Waals surface area (Å²) in [6.45, 7) is 0.713. The van der Waals surface area contributed by atoms with Crippen molar-refractivity contribution in [1.82, 2.24) is 5.32 Å². The molecule has 0 atom stereocenters. The lowest BCUT2D eigenvalue weighted by Crippen LogP contribution is -2.29. The first-order valence-electron chi connectivity index (χ1n) is 5.56. The van der Waals surface area contributed by atoms with Crippen molar-refractivity contribution in [3.63, 3.8) is 0 Å². The highest BCUT2D eigenvalue weighted by Gasteiger charge is 2.00. The minimum absolute atomic E-state index is 0.155. The Balaban J connectivity index is 2.29. The maximum Gasteiger partial charge on any atom is 0.319 e. The summed E-state index contributed by atoms with van der Waals surface area (Å²) < 4.78 is 5.01. The molecule has 0 aromatic heterocycles. The topological polar surface area (TPSA) is 70.6 Å². The minimum Gasteiger partial charge on any atom is -0.497 e. The maximum absolute atomic E-state index is 11.4. The van der Waals surface area contributed by atoms with Gasteiger partial charge in [-0.2, -0.15) is 0 Å². The highest BCUT2D eigenvalue weighted by molar-refractivity contribution is 5.89. The van der Waals surface area contributed by atoms with Crippen LogP contribution >= 0.6 is 0 Å². The predicted molar refractivity (Wildman–Crippen MR) is 66.3 cm³/mol. The van der Waals surface area contributed by atoms with Gasteiger partial charge in [-0.25, -0.2) is 4.79 Å². The fraction of sp³-hybridized carbons (Fsp3) is 0.417. The molecule has 17 heavy (non-hydrogen) atoms. The molecule has 0 unspecified atom stereocenters. The molecule has 0 radical (unpaired) electrons. The van der Waals surface area contributed by atoms with E-state index in [0.717, 1.165) is 12.2 Å². The summed E-state index contributed by atoms with van der Waals surface area (Å²) in [7, 11) is 1.59. The predicted octanol–water partition coefficient (Wildman–Crippen LogP) is 1.59. The Kier molecular flexibility index (Phi) is 5.88. The molecule has 0 heterocycles. The van der Waals surface area contributed by atoms with E-state index in [1.807, 2.05) is 0 Å². The normalized spacial score (nSPS) is 9.76. The van der Waals surface area contributed by atoms with Crippen molar-refractivity contribution in [2.75, 3.05) is 25.6 Å². The first kappa shape index (κ1) is 13.3. The van der Waals surface area contributed by atoms with Gasteiger partial charge in [-0.3, -0.25) is 0 Å². The van der Waals surface area contributed by atoms with Crippen molar-refractivity contribution >= 4 is 11.7 Å². The van der Waals surface area contributed by atoms with E-state index in [1.54, 1.807) is 31.4 Å². The molecule has 5 heteroatoms. The highest BCUT2D eigenvalue weighted by atomic mass is 16.5. The molecule has 0 aliphatic carbocycles. The van der Waals surface area contributed by atoms with Crippen molar-refractivity contribution in [1.29, 1.82) is 0 Å². The molecule has 0 saturated carbocycles. The summed E-state index contributed by atoms with van der Waals surface area (Å²) >= 11 is 0. The number of carbonyl (C=O) groups excluding carboxylic acids is 1. The van der Waals surface area contributed by atoms with Gasteiger partial charge in [0.15, 0.2) is 0 Å². The smallest absolute Gasteiger partial charge is 0.319 e. The van der Waals surface area contributed by atoms with Crippen LogP contribution in [0.2, 0.25) is 0 Å². The van der Waals surface area contributed by atoms with Crippen LogP contribution in [-0.4, -0.2) is 31.4 Å². The lowest BCUT2D eigenvalue weighted by Gasteiger charge is -2.07. The Morgan fingerprint density at radius 2 is 2.00 bits per heavy atom. The van der Waals surface area contributed by atoms with Gasteiger partial charge in [-0.15, -0.1) is 0 Å². The molecular weight excluding hydrogens is 220 g/mol. The molecule has 0 bridgehead atoms. The summed E-state index contributed by atoms with van der Waals surface area (Å²) in [4.78, 5) is 11.4. The SMILES string of the molecule is COc1ccc(NC(=O)NCCCCO)cc1. The molecule has 0 aliphatic heterocycles. The average Bonchev–Trinajstić information content (AvgIpc) is 2.36. The number of methoxy groups -OCH3 is 1. The molecule has 94 valence electrons. The number of unbranched alkanes of at least 4 members (excludes halogenated alkanes) is 1. The molecule has 0 spiro atoms. The van der Waals surface area contributed by atoms with E-state index in [1.165, 1.54) is 0 Å². The van der Waals surface area contributed by atoms with E-state index >= 15 is 0 Å². The van der Waals surface area contributed by atoms with Gasteiger partial charge < -0.3 is 20.5 Å². The minimum atomic E-state index is -0.242. The lowest BCUT2D eigenvalue weighted by atomic mass is 10.3. The lowest BCUT2D eigenvalue weighted by molar-refractivity contribution is 0.250. The van der Waals surface area contributed by atoms with Gasteiger partial charge in [-0.1, -0.05) is 0 Å². The van der Waals surface area contributed by atoms with Gasteiger partial charge in [0.05, 0.1) is 7.11 Å². The zero-order valence-electron chi connectivity index (χ0n) is 9.90. The van der Waals surface area contributed by atoms with E-state index in [4.69, 9.17) is 9.84 Å². The Morgan fingerprint density at radius 1 is 1.29 bits per heavy atom. The zero-order valence-corrected chi connectivity index (χ0v) is 9.90. The molecule has 3 N–H and O–H groups in total. The first-order chi connectivity index (χ1) is 8.26. The number of urea groups is 1. The van der Waals surface area contributed by atoms with E-state index in [2.05, 4.69) is 10.6 Å². The average molecular weight is 238 g/mol. The molecule has 1 aromatic carbocycles. The third kappa shape index (κ3) is 5.21. The Hall–Kier alpha value is -1.75. The van der Waals surface area contributed by atoms with E-state index in [-0.39, 0.29) is 12.6 Å². The van der Waals surface area contributed by atoms with Crippen LogP contribution < -0.4 is 15.4 Å². The van der Waals surface area contributed by atoms with Gasteiger partial charge in [0.2, 0.25) is 0 Å². The molecular formula is C12H18N2O3. The second-order valence-electron chi connectivity index (χ2n) is 3.54. The number of aliphatic hydroxyl groups excluding tert-OH is 1. The van der Waals surface area contributed by atoms with Crippen molar-refractivity contribution < 1.29 is 14.6 Å². The van der Waals surface area contributed by atoms with Crippen molar-refractivity contribution in [2.24, 2.45) is 0 Å². The van der Waals surface area contributed by atoms with E-state index < -0.39 is 0 Å². The molecule has 5 nitrogen and oxygen atoms in total. The molecule has 1 rings (SSSR count). The fourth-order valence-electron chi connectivity index (χ4n) is 1.29. The number of rotatable bonds is 6. The largest absolute Gasteiger partial charge is 0.497 e. The fourth-order valence-corrected chi connectivity index (χ4v) is 1.29. The van der Waals surface area contributed by atoms with E-state index in [0.29, 0.717) is 18.7 Å². The molecule has 1 aromatic rings. The van der Waals surface area contributed by atoms with Gasteiger partial charge in [0, 0.05) is 18.8 Å². The number of ether oxygens (including phenoxy) is 1. The number of aliphatic hydroxyl groups is 1. The van der Waals surface area contributed by atoms with Gasteiger partial charge in [0.1, 0.15) is 5.75 Å². The Morgan fingerprint density at radius 3 is 2.59 bits per heavy atom. The quantitative estimate of drug-likeness (QED) is 0.659. The van der Waals surface area contributed by atoms with Gasteiger partial charge in [0.25, 0.3) is 0 Å². The number of benzene rings is 1. The van der Waals surface area contributed by atoms with Crippen LogP contribution in [0, 0.1) is 0 Å². The van der Waals surface area contributed by atoms with Crippen LogP contribution in [0.25, 0.3) is 0 Å². The second-order valence-corrected chi connectivity index (χ2v) is 3.54. The summed E-state index contributed by atoms with van der Waals surface area (Å²) in [5.74, 6) is 0.749. The molecule has 0 saturated heterocycles. The first-order valence-corrected chi connectivity index (χ1v) is 5.56. The van der Waals surface area contributed by atoms with Crippen LogP contribution in [0.5, 0.6) is 5.75 Å². The summed E-state index contributed by atoms with van der Waals surface area (Å²) in [5, 5.41) is 14.0. The van der Waals surface area contributed by atoms with Crippen LogP contribution in [0.15, 0.2) is 24.3 Å².